The van der Waals surface area contributed by atoms with Crippen molar-refractivity contribution in [1.29, 1.82) is 0 Å². The monoisotopic (exact) mass is 333 g/mol. The molecule has 0 aliphatic heterocycles. The van der Waals surface area contributed by atoms with E-state index < -0.39 is 12.5 Å². The molecule has 0 saturated heterocycles. The van der Waals surface area contributed by atoms with Gasteiger partial charge in [-0.2, -0.15) is 23.7 Å². The number of hydrogen-bond acceptors (Lipinski definition) is 3. The molecule has 0 atom stereocenters. The number of carbonyl (C=O) groups excluding carboxylic acids is 1. The second kappa shape index (κ2) is 5.91. The third-order valence-corrected chi connectivity index (χ3v) is 2.73. The number of halogens is 3. The second-order valence-electron chi connectivity index (χ2n) is 3.62. The van der Waals surface area contributed by atoms with Crippen molar-refractivity contribution in [2.45, 2.75) is 13.1 Å². The first-order valence-corrected chi connectivity index (χ1v) is 6.15. The average molecular weight is 334 g/mol. The van der Waals surface area contributed by atoms with E-state index in [0.29, 0.717) is 11.2 Å². The Labute approximate surface area is 115 Å². The summed E-state index contributed by atoms with van der Waals surface area (Å²) in [5.74, 6) is -0.593. The molecule has 9 heteroatoms. The summed E-state index contributed by atoms with van der Waals surface area (Å²) in [5.41, 5.74) is -0.170. The van der Waals surface area contributed by atoms with Crippen molar-refractivity contribution in [3.05, 3.63) is 34.8 Å². The van der Waals surface area contributed by atoms with Crippen LogP contribution in [0.2, 0.25) is 0 Å². The lowest BCUT2D eigenvalue weighted by atomic mass is 10.4. The van der Waals surface area contributed by atoms with Gasteiger partial charge in [-0.15, -0.1) is 0 Å². The summed E-state index contributed by atoms with van der Waals surface area (Å²) >= 11 is 3.24. The van der Waals surface area contributed by atoms with E-state index in [1.807, 2.05) is 0 Å². The number of hydrogen-bond donors (Lipinski definition) is 1. The maximum atomic E-state index is 12.5. The predicted molar refractivity (Wildman–Crippen MR) is 65.7 cm³/mol. The van der Waals surface area contributed by atoms with Gasteiger partial charge in [-0.3, -0.25) is 9.48 Å². The number of carbonyl (C=O) groups is 1. The first-order chi connectivity index (χ1) is 9.08. The van der Waals surface area contributed by atoms with E-state index in [-0.39, 0.29) is 12.2 Å². The summed E-state index contributed by atoms with van der Waals surface area (Å²) in [5, 5.41) is 9.92. The Bertz CT molecular complexity index is 568. The maximum absolute atomic E-state index is 12.5. The van der Waals surface area contributed by atoms with Crippen LogP contribution in [0.4, 0.5) is 8.78 Å². The van der Waals surface area contributed by atoms with Crippen LogP contribution in [0.1, 0.15) is 17.0 Å². The second-order valence-corrected chi connectivity index (χ2v) is 4.53. The lowest BCUT2D eigenvalue weighted by Crippen LogP contribution is -2.29. The van der Waals surface area contributed by atoms with Gasteiger partial charge >= 0.3 is 6.55 Å². The van der Waals surface area contributed by atoms with E-state index in [9.17, 15) is 13.6 Å². The Morgan fingerprint density at radius 2 is 2.26 bits per heavy atom. The highest BCUT2D eigenvalue weighted by Gasteiger charge is 2.17. The molecule has 2 aromatic heterocycles. The number of aromatic nitrogens is 4. The molecule has 1 amide bonds. The summed E-state index contributed by atoms with van der Waals surface area (Å²) < 4.78 is 27.8. The van der Waals surface area contributed by atoms with Crippen LogP contribution < -0.4 is 5.32 Å². The van der Waals surface area contributed by atoms with Crippen LogP contribution >= 0.6 is 15.9 Å². The molecule has 2 rings (SSSR count). The number of nitrogens with one attached hydrogen (secondary N) is 1. The Balaban J connectivity index is 1.89. The zero-order chi connectivity index (χ0) is 13.8. The van der Waals surface area contributed by atoms with Crippen LogP contribution in [0.3, 0.4) is 0 Å². The molecular weight excluding hydrogens is 324 g/mol. The van der Waals surface area contributed by atoms with Crippen LogP contribution in [-0.2, 0) is 6.54 Å². The molecule has 0 unspecified atom stereocenters. The predicted octanol–water partition coefficient (Wildman–Crippen LogP) is 1.67. The van der Waals surface area contributed by atoms with Gasteiger partial charge < -0.3 is 5.32 Å². The molecule has 2 aromatic rings. The van der Waals surface area contributed by atoms with E-state index in [4.69, 9.17) is 0 Å². The minimum atomic E-state index is -2.84. The number of amides is 1. The van der Waals surface area contributed by atoms with Crippen LogP contribution in [-0.4, -0.2) is 32.0 Å². The van der Waals surface area contributed by atoms with E-state index in [2.05, 4.69) is 31.4 Å². The number of alkyl halides is 2. The van der Waals surface area contributed by atoms with Gasteiger partial charge in [0.15, 0.2) is 0 Å². The molecule has 6 nitrogen and oxygen atoms in total. The summed E-state index contributed by atoms with van der Waals surface area (Å²) in [7, 11) is 0. The van der Waals surface area contributed by atoms with Gasteiger partial charge in [-0.05, 0) is 22.0 Å². The fourth-order valence-corrected chi connectivity index (χ4v) is 1.81. The van der Waals surface area contributed by atoms with Gasteiger partial charge in [0, 0.05) is 18.9 Å². The van der Waals surface area contributed by atoms with Gasteiger partial charge in [0.25, 0.3) is 5.91 Å². The third kappa shape index (κ3) is 3.37. The van der Waals surface area contributed by atoms with Crippen molar-refractivity contribution in [2.24, 2.45) is 0 Å². The normalized spacial score (nSPS) is 10.9. The summed E-state index contributed by atoms with van der Waals surface area (Å²) in [6.45, 7) is -2.11. The van der Waals surface area contributed by atoms with Crippen molar-refractivity contribution in [3.8, 4) is 0 Å². The molecule has 0 spiro atoms. The van der Waals surface area contributed by atoms with E-state index >= 15 is 0 Å². The Morgan fingerprint density at radius 3 is 2.89 bits per heavy atom. The molecule has 2 heterocycles. The zero-order valence-electron chi connectivity index (χ0n) is 9.63. The minimum Gasteiger partial charge on any atom is -0.349 e. The smallest absolute Gasteiger partial charge is 0.333 e. The SMILES string of the molecule is O=C(NCCn1cc(Br)cn1)c1ccnn1C(F)F. The van der Waals surface area contributed by atoms with Crippen molar-refractivity contribution in [2.75, 3.05) is 6.54 Å². The fourth-order valence-electron chi connectivity index (χ4n) is 1.48. The Hall–Kier alpha value is -1.77. The molecule has 0 radical (unpaired) electrons. The molecule has 0 aliphatic rings. The average Bonchev–Trinajstić information content (AvgIpc) is 2.97. The number of nitrogens with zero attached hydrogens (tertiary/aromatic N) is 4. The van der Waals surface area contributed by atoms with E-state index in [1.54, 1.807) is 17.1 Å². The molecule has 0 saturated carbocycles. The third-order valence-electron chi connectivity index (χ3n) is 2.32. The quantitative estimate of drug-likeness (QED) is 0.905. The zero-order valence-corrected chi connectivity index (χ0v) is 11.2. The highest BCUT2D eigenvalue weighted by atomic mass is 79.9. The first-order valence-electron chi connectivity index (χ1n) is 5.36. The molecule has 0 fully saturated rings. The maximum Gasteiger partial charge on any atom is 0.333 e. The minimum absolute atomic E-state index is 0.170. The first kappa shape index (κ1) is 13.7. The van der Waals surface area contributed by atoms with Crippen LogP contribution in [0.15, 0.2) is 29.1 Å². The summed E-state index contributed by atoms with van der Waals surface area (Å²) in [6.07, 6.45) is 4.52. The van der Waals surface area contributed by atoms with Crippen molar-refractivity contribution in [1.82, 2.24) is 24.9 Å². The van der Waals surface area contributed by atoms with Crippen molar-refractivity contribution < 1.29 is 13.6 Å². The summed E-state index contributed by atoms with van der Waals surface area (Å²) in [6, 6.07) is 1.24. The summed E-state index contributed by atoms with van der Waals surface area (Å²) in [4.78, 5) is 11.7. The van der Waals surface area contributed by atoms with Gasteiger partial charge in [0.05, 0.1) is 17.2 Å². The van der Waals surface area contributed by atoms with Gasteiger partial charge in [-0.25, -0.2) is 0 Å². The van der Waals surface area contributed by atoms with E-state index in [1.165, 1.54) is 6.07 Å². The fraction of sp³-hybridized carbons (Fsp3) is 0.300. The molecule has 0 aromatic carbocycles. The molecule has 0 bridgehead atoms. The topological polar surface area (TPSA) is 64.7 Å². The van der Waals surface area contributed by atoms with E-state index in [0.717, 1.165) is 10.7 Å². The van der Waals surface area contributed by atoms with Crippen molar-refractivity contribution in [3.63, 3.8) is 0 Å². The molecule has 19 heavy (non-hydrogen) atoms. The molecule has 1 N–H and O–H groups in total. The van der Waals surface area contributed by atoms with Crippen LogP contribution in [0, 0.1) is 0 Å². The number of rotatable bonds is 5. The largest absolute Gasteiger partial charge is 0.349 e. The van der Waals surface area contributed by atoms with Gasteiger partial charge in [0.2, 0.25) is 0 Å². The molecular formula is C10H10BrF2N5O. The highest BCUT2D eigenvalue weighted by molar-refractivity contribution is 9.10. The molecule has 102 valence electrons. The van der Waals surface area contributed by atoms with Gasteiger partial charge in [0.1, 0.15) is 5.69 Å². The lowest BCUT2D eigenvalue weighted by Gasteiger charge is -2.07. The Morgan fingerprint density at radius 1 is 1.47 bits per heavy atom. The standard InChI is InChI=1S/C10H10BrF2N5O/c11-7-5-16-17(6-7)4-3-14-9(19)8-1-2-15-18(8)10(12)13/h1-2,5-6,10H,3-4H2,(H,14,19). The van der Waals surface area contributed by atoms with Crippen LogP contribution in [0.5, 0.6) is 0 Å². The molecule has 0 aliphatic carbocycles. The highest BCUT2D eigenvalue weighted by Crippen LogP contribution is 2.11. The van der Waals surface area contributed by atoms with Gasteiger partial charge in [-0.1, -0.05) is 0 Å². The lowest BCUT2D eigenvalue weighted by molar-refractivity contribution is 0.0509. The van der Waals surface area contributed by atoms with Crippen LogP contribution in [0.25, 0.3) is 0 Å². The Kier molecular flexibility index (Phi) is 4.25. The van der Waals surface area contributed by atoms with Crippen molar-refractivity contribution >= 4 is 21.8 Å².